The first-order valence-electron chi connectivity index (χ1n) is 8.48. The maximum Gasteiger partial charge on any atom is 0.251 e. The van der Waals surface area contributed by atoms with Gasteiger partial charge in [0.05, 0.1) is 0 Å². The first-order valence-corrected chi connectivity index (χ1v) is 8.48. The number of hydrogen-bond donors (Lipinski definition) is 2. The van der Waals surface area contributed by atoms with Gasteiger partial charge in [-0.25, -0.2) is 0 Å². The van der Waals surface area contributed by atoms with Crippen LogP contribution in [-0.4, -0.2) is 33.1 Å². The summed E-state index contributed by atoms with van der Waals surface area (Å²) in [5.41, 5.74) is 4.70. The van der Waals surface area contributed by atoms with Crippen LogP contribution in [0.2, 0.25) is 0 Å². The fraction of sp³-hybridized carbons (Fsp3) is 0.350. The lowest BCUT2D eigenvalue weighted by atomic mass is 9.93. The van der Waals surface area contributed by atoms with E-state index in [1.165, 1.54) is 16.8 Å². The monoisotopic (exact) mass is 323 g/mol. The van der Waals surface area contributed by atoms with E-state index in [2.05, 4.69) is 46.8 Å². The zero-order valence-electron chi connectivity index (χ0n) is 14.4. The lowest BCUT2D eigenvalue weighted by molar-refractivity contribution is 0.0963. The van der Waals surface area contributed by atoms with Gasteiger partial charge in [0.25, 0.3) is 5.91 Å². The molecule has 0 saturated heterocycles. The number of amides is 1. The molecule has 3 rings (SSSR count). The number of carbonyl (C=O) groups excluding carboxylic acids is 1. The predicted octanol–water partition coefficient (Wildman–Crippen LogP) is 2.44. The number of rotatable bonds is 5. The summed E-state index contributed by atoms with van der Waals surface area (Å²) in [5, 5.41) is 6.20. The van der Waals surface area contributed by atoms with Gasteiger partial charge < -0.3 is 15.5 Å². The fourth-order valence-corrected chi connectivity index (χ4v) is 3.39. The Bertz CT molecular complexity index is 696. The van der Waals surface area contributed by atoms with Gasteiger partial charge in [-0.05, 0) is 41.7 Å². The largest absolute Gasteiger partial charge is 0.374 e. The van der Waals surface area contributed by atoms with Gasteiger partial charge in [-0.3, -0.25) is 4.79 Å². The average Bonchev–Trinajstić information content (AvgIpc) is 2.62. The number of fused-ring (bicyclic) bond motifs is 1. The number of benzene rings is 2. The van der Waals surface area contributed by atoms with E-state index in [4.69, 9.17) is 0 Å². The van der Waals surface area contributed by atoms with Crippen LogP contribution in [0.3, 0.4) is 0 Å². The smallest absolute Gasteiger partial charge is 0.251 e. The second-order valence-corrected chi connectivity index (χ2v) is 6.49. The van der Waals surface area contributed by atoms with Crippen molar-refractivity contribution < 1.29 is 4.79 Å². The second kappa shape index (κ2) is 7.49. The Labute approximate surface area is 143 Å². The molecule has 1 aliphatic heterocycles. The second-order valence-electron chi connectivity index (χ2n) is 6.49. The van der Waals surface area contributed by atoms with E-state index in [0.717, 1.165) is 26.1 Å². The maximum atomic E-state index is 11.5. The van der Waals surface area contributed by atoms with E-state index < -0.39 is 0 Å². The molecular weight excluding hydrogens is 298 g/mol. The Morgan fingerprint density at radius 2 is 1.92 bits per heavy atom. The van der Waals surface area contributed by atoms with Crippen molar-refractivity contribution >= 4 is 11.6 Å². The number of nitrogens with one attached hydrogen (secondary N) is 2. The van der Waals surface area contributed by atoms with Gasteiger partial charge in [-0.15, -0.1) is 0 Å². The van der Waals surface area contributed by atoms with Crippen molar-refractivity contribution in [3.8, 4) is 0 Å². The van der Waals surface area contributed by atoms with Crippen LogP contribution in [0.5, 0.6) is 0 Å². The maximum absolute atomic E-state index is 11.5. The number of para-hydroxylation sites is 1. The molecular formula is C20H25N3O. The van der Waals surface area contributed by atoms with Crippen LogP contribution in [0.4, 0.5) is 5.69 Å². The molecule has 1 aliphatic rings. The standard InChI is InChI=1S/C20H25N3O/c1-21-20(24)17-9-7-15(8-10-17)12-22-13-16-11-18-5-3-4-6-19(18)23(2)14-16/h3-10,16,22H,11-14H2,1-2H3,(H,21,24)/t16-/m1/s1. The summed E-state index contributed by atoms with van der Waals surface area (Å²) >= 11 is 0. The molecule has 1 amide bonds. The Morgan fingerprint density at radius 1 is 1.17 bits per heavy atom. The van der Waals surface area contributed by atoms with Gasteiger partial charge >= 0.3 is 0 Å². The van der Waals surface area contributed by atoms with Crippen molar-refractivity contribution in [3.63, 3.8) is 0 Å². The Morgan fingerprint density at radius 3 is 2.67 bits per heavy atom. The van der Waals surface area contributed by atoms with E-state index in [9.17, 15) is 4.79 Å². The summed E-state index contributed by atoms with van der Waals surface area (Å²) in [5.74, 6) is 0.577. The van der Waals surface area contributed by atoms with Crippen LogP contribution >= 0.6 is 0 Å². The van der Waals surface area contributed by atoms with Gasteiger partial charge in [0, 0.05) is 45.0 Å². The van der Waals surface area contributed by atoms with Crippen LogP contribution in [0.15, 0.2) is 48.5 Å². The zero-order chi connectivity index (χ0) is 16.9. The lowest BCUT2D eigenvalue weighted by Crippen LogP contribution is -2.37. The van der Waals surface area contributed by atoms with Crippen LogP contribution in [0, 0.1) is 5.92 Å². The third-order valence-corrected chi connectivity index (χ3v) is 4.65. The quantitative estimate of drug-likeness (QED) is 0.888. The molecule has 0 aliphatic carbocycles. The molecule has 126 valence electrons. The first kappa shape index (κ1) is 16.5. The number of anilines is 1. The molecule has 0 fully saturated rings. The van der Waals surface area contributed by atoms with Gasteiger partial charge in [-0.1, -0.05) is 30.3 Å². The predicted molar refractivity (Wildman–Crippen MR) is 98.4 cm³/mol. The van der Waals surface area contributed by atoms with Gasteiger partial charge in [0.15, 0.2) is 0 Å². The first-order chi connectivity index (χ1) is 11.7. The van der Waals surface area contributed by atoms with Crippen molar-refractivity contribution in [1.82, 2.24) is 10.6 Å². The third-order valence-electron chi connectivity index (χ3n) is 4.65. The van der Waals surface area contributed by atoms with E-state index in [0.29, 0.717) is 11.5 Å². The Hall–Kier alpha value is -2.33. The minimum absolute atomic E-state index is 0.0431. The third kappa shape index (κ3) is 3.77. The minimum Gasteiger partial charge on any atom is -0.374 e. The summed E-state index contributed by atoms with van der Waals surface area (Å²) < 4.78 is 0. The summed E-state index contributed by atoms with van der Waals surface area (Å²) in [6, 6.07) is 16.4. The normalized spacial score (nSPS) is 16.6. The summed E-state index contributed by atoms with van der Waals surface area (Å²) in [6.45, 7) is 2.91. The van der Waals surface area contributed by atoms with Crippen LogP contribution in [0.25, 0.3) is 0 Å². The summed E-state index contributed by atoms with van der Waals surface area (Å²) in [4.78, 5) is 13.9. The molecule has 1 atom stereocenters. The molecule has 1 heterocycles. The van der Waals surface area contributed by atoms with E-state index in [1.54, 1.807) is 7.05 Å². The SMILES string of the molecule is CNC(=O)c1ccc(CNC[C@H]2Cc3ccccc3N(C)C2)cc1. The van der Waals surface area contributed by atoms with Crippen molar-refractivity contribution in [1.29, 1.82) is 0 Å². The average molecular weight is 323 g/mol. The molecule has 2 N–H and O–H groups in total. The molecule has 0 unspecified atom stereocenters. The van der Waals surface area contributed by atoms with E-state index in [-0.39, 0.29) is 5.91 Å². The molecule has 0 bridgehead atoms. The molecule has 4 nitrogen and oxygen atoms in total. The summed E-state index contributed by atoms with van der Waals surface area (Å²) in [6.07, 6.45) is 1.13. The van der Waals surface area contributed by atoms with Crippen molar-refractivity contribution in [2.45, 2.75) is 13.0 Å². The molecule has 0 saturated carbocycles. The topological polar surface area (TPSA) is 44.4 Å². The molecule has 2 aromatic rings. The Balaban J connectivity index is 1.51. The molecule has 24 heavy (non-hydrogen) atoms. The number of carbonyl (C=O) groups is 1. The van der Waals surface area contributed by atoms with E-state index in [1.807, 2.05) is 24.3 Å². The molecule has 0 spiro atoms. The highest BCUT2D eigenvalue weighted by Crippen LogP contribution is 2.27. The van der Waals surface area contributed by atoms with Crippen LogP contribution in [-0.2, 0) is 13.0 Å². The molecule has 4 heteroatoms. The number of hydrogen-bond acceptors (Lipinski definition) is 3. The zero-order valence-corrected chi connectivity index (χ0v) is 14.4. The van der Waals surface area contributed by atoms with Crippen LogP contribution < -0.4 is 15.5 Å². The van der Waals surface area contributed by atoms with Gasteiger partial charge in [-0.2, -0.15) is 0 Å². The van der Waals surface area contributed by atoms with Gasteiger partial charge in [0.1, 0.15) is 0 Å². The highest BCUT2D eigenvalue weighted by Gasteiger charge is 2.21. The lowest BCUT2D eigenvalue weighted by Gasteiger charge is -2.33. The van der Waals surface area contributed by atoms with Crippen molar-refractivity contribution in [2.24, 2.45) is 5.92 Å². The highest BCUT2D eigenvalue weighted by molar-refractivity contribution is 5.93. The summed E-state index contributed by atoms with van der Waals surface area (Å²) in [7, 11) is 3.82. The van der Waals surface area contributed by atoms with Crippen molar-refractivity contribution in [3.05, 3.63) is 65.2 Å². The number of nitrogens with zero attached hydrogens (tertiary/aromatic N) is 1. The minimum atomic E-state index is -0.0431. The molecule has 0 radical (unpaired) electrons. The Kier molecular flexibility index (Phi) is 5.16. The van der Waals surface area contributed by atoms with E-state index >= 15 is 0 Å². The van der Waals surface area contributed by atoms with Gasteiger partial charge in [0.2, 0.25) is 0 Å². The van der Waals surface area contributed by atoms with Crippen LogP contribution in [0.1, 0.15) is 21.5 Å². The molecule has 0 aromatic heterocycles. The fourth-order valence-electron chi connectivity index (χ4n) is 3.39. The molecule has 2 aromatic carbocycles. The highest BCUT2D eigenvalue weighted by atomic mass is 16.1. The van der Waals surface area contributed by atoms with Crippen molar-refractivity contribution in [2.75, 3.05) is 32.1 Å².